The molecular weight excluding hydrogens is 426 g/mol. The molecule has 0 aromatic heterocycles. The first-order valence-corrected chi connectivity index (χ1v) is 8.93. The Morgan fingerprint density at radius 3 is 1.78 bits per heavy atom. The Balaban J connectivity index is 1.84. The summed E-state index contributed by atoms with van der Waals surface area (Å²) in [6.07, 6.45) is 0. The lowest BCUT2D eigenvalue weighted by molar-refractivity contribution is 0.102. The molecule has 0 radical (unpaired) electrons. The SMILES string of the molecule is COc1ccc(C(=O)Nc2ccc(N=O)c(F)c2)cc1C(=O)Nc1ccc(N=O)c(F)c1. The molecule has 0 aliphatic rings. The molecule has 3 rings (SSSR count). The Labute approximate surface area is 179 Å². The van der Waals surface area contributed by atoms with Crippen molar-refractivity contribution in [1.82, 2.24) is 0 Å². The molecule has 0 heterocycles. The van der Waals surface area contributed by atoms with Crippen LogP contribution in [0.25, 0.3) is 0 Å². The van der Waals surface area contributed by atoms with Gasteiger partial charge < -0.3 is 15.4 Å². The van der Waals surface area contributed by atoms with Crippen molar-refractivity contribution in [2.75, 3.05) is 17.7 Å². The van der Waals surface area contributed by atoms with E-state index in [0.717, 1.165) is 24.3 Å². The van der Waals surface area contributed by atoms with Gasteiger partial charge in [-0.2, -0.15) is 0 Å². The summed E-state index contributed by atoms with van der Waals surface area (Å²) in [7, 11) is 1.32. The summed E-state index contributed by atoms with van der Waals surface area (Å²) in [4.78, 5) is 46.2. The predicted octanol–water partition coefficient (Wildman–Crippen LogP) is 5.27. The average Bonchev–Trinajstić information content (AvgIpc) is 2.78. The van der Waals surface area contributed by atoms with Crippen molar-refractivity contribution in [1.29, 1.82) is 0 Å². The lowest BCUT2D eigenvalue weighted by atomic mass is 10.1. The van der Waals surface area contributed by atoms with Crippen LogP contribution in [0.1, 0.15) is 20.7 Å². The number of hydrogen-bond donors (Lipinski definition) is 2. The summed E-state index contributed by atoms with van der Waals surface area (Å²) < 4.78 is 32.6. The zero-order chi connectivity index (χ0) is 23.3. The molecule has 11 heteroatoms. The minimum absolute atomic E-state index is 0.0372. The van der Waals surface area contributed by atoms with Crippen molar-refractivity contribution < 1.29 is 23.1 Å². The fourth-order valence-electron chi connectivity index (χ4n) is 2.75. The van der Waals surface area contributed by atoms with Crippen LogP contribution in [0, 0.1) is 21.4 Å². The van der Waals surface area contributed by atoms with Crippen LogP contribution in [0.2, 0.25) is 0 Å². The molecule has 3 aromatic rings. The number of hydrogen-bond acceptors (Lipinski definition) is 7. The third kappa shape index (κ3) is 4.78. The highest BCUT2D eigenvalue weighted by Crippen LogP contribution is 2.26. The van der Waals surface area contributed by atoms with E-state index in [0.29, 0.717) is 0 Å². The van der Waals surface area contributed by atoms with E-state index in [1.54, 1.807) is 0 Å². The van der Waals surface area contributed by atoms with Crippen LogP contribution in [-0.4, -0.2) is 18.9 Å². The van der Waals surface area contributed by atoms with Crippen LogP contribution in [-0.2, 0) is 0 Å². The van der Waals surface area contributed by atoms with Crippen LogP contribution in [0.5, 0.6) is 5.75 Å². The number of halogens is 2. The Kier molecular flexibility index (Phi) is 6.59. The molecule has 0 atom stereocenters. The molecule has 2 N–H and O–H groups in total. The van der Waals surface area contributed by atoms with E-state index in [2.05, 4.69) is 21.0 Å². The zero-order valence-electron chi connectivity index (χ0n) is 16.4. The fourth-order valence-corrected chi connectivity index (χ4v) is 2.75. The number of anilines is 2. The van der Waals surface area contributed by atoms with Gasteiger partial charge in [0.15, 0.2) is 11.6 Å². The molecule has 3 aromatic carbocycles. The summed E-state index contributed by atoms with van der Waals surface area (Å²) in [5, 5.41) is 9.89. The smallest absolute Gasteiger partial charge is 0.259 e. The average molecular weight is 440 g/mol. The molecular formula is C21H14F2N4O5. The summed E-state index contributed by atoms with van der Waals surface area (Å²) in [5.41, 5.74) is -0.685. The van der Waals surface area contributed by atoms with Crippen molar-refractivity contribution in [3.63, 3.8) is 0 Å². The molecule has 32 heavy (non-hydrogen) atoms. The van der Waals surface area contributed by atoms with E-state index < -0.39 is 34.8 Å². The number of nitrogens with zero attached hydrogens (tertiary/aromatic N) is 2. The molecule has 2 amide bonds. The number of ether oxygens (including phenoxy) is 1. The monoisotopic (exact) mass is 440 g/mol. The van der Waals surface area contributed by atoms with Gasteiger partial charge in [0.2, 0.25) is 0 Å². The molecule has 0 saturated carbocycles. The number of methoxy groups -OCH3 is 1. The Bertz CT molecular complexity index is 1230. The number of nitrogens with one attached hydrogen (secondary N) is 2. The third-order valence-electron chi connectivity index (χ3n) is 4.31. The quantitative estimate of drug-likeness (QED) is 0.484. The van der Waals surface area contributed by atoms with Gasteiger partial charge in [0, 0.05) is 16.9 Å². The first kappa shape index (κ1) is 22.2. The minimum atomic E-state index is -0.916. The molecule has 162 valence electrons. The Morgan fingerprint density at radius 2 is 1.31 bits per heavy atom. The largest absolute Gasteiger partial charge is 0.496 e. The molecule has 0 unspecified atom stereocenters. The highest BCUT2D eigenvalue weighted by molar-refractivity contribution is 6.10. The van der Waals surface area contributed by atoms with Gasteiger partial charge in [-0.05, 0) is 65.0 Å². The van der Waals surface area contributed by atoms with Gasteiger partial charge in [0.1, 0.15) is 17.1 Å². The van der Waals surface area contributed by atoms with E-state index in [-0.39, 0.29) is 28.3 Å². The summed E-state index contributed by atoms with van der Waals surface area (Å²) in [6.45, 7) is 0. The second-order valence-corrected chi connectivity index (χ2v) is 6.34. The molecule has 9 nitrogen and oxygen atoms in total. The van der Waals surface area contributed by atoms with Crippen LogP contribution >= 0.6 is 0 Å². The van der Waals surface area contributed by atoms with Crippen molar-refractivity contribution in [3.05, 3.63) is 87.2 Å². The fraction of sp³-hybridized carbons (Fsp3) is 0.0476. The number of amides is 2. The maximum Gasteiger partial charge on any atom is 0.259 e. The van der Waals surface area contributed by atoms with Gasteiger partial charge in [-0.25, -0.2) is 8.78 Å². The second kappa shape index (κ2) is 9.51. The Morgan fingerprint density at radius 1 is 0.781 bits per heavy atom. The van der Waals surface area contributed by atoms with Crippen molar-refractivity contribution in [2.45, 2.75) is 0 Å². The molecule has 0 spiro atoms. The molecule has 0 aliphatic carbocycles. The number of nitroso groups, excluding NO2 is 2. The second-order valence-electron chi connectivity index (χ2n) is 6.34. The van der Waals surface area contributed by atoms with Gasteiger partial charge in [-0.3, -0.25) is 9.59 Å². The lowest BCUT2D eigenvalue weighted by Crippen LogP contribution is -2.16. The maximum atomic E-state index is 13.7. The number of benzene rings is 3. The number of rotatable bonds is 7. The summed E-state index contributed by atoms with van der Waals surface area (Å²) in [5.74, 6) is -3.06. The lowest BCUT2D eigenvalue weighted by Gasteiger charge is -2.12. The van der Waals surface area contributed by atoms with Gasteiger partial charge >= 0.3 is 0 Å². The van der Waals surface area contributed by atoms with Crippen LogP contribution in [0.3, 0.4) is 0 Å². The first-order chi connectivity index (χ1) is 15.4. The van der Waals surface area contributed by atoms with Gasteiger partial charge in [-0.1, -0.05) is 0 Å². The molecule has 0 aliphatic heterocycles. The van der Waals surface area contributed by atoms with Crippen LogP contribution in [0.15, 0.2) is 65.0 Å². The maximum absolute atomic E-state index is 13.7. The summed E-state index contributed by atoms with van der Waals surface area (Å²) in [6, 6.07) is 10.6. The van der Waals surface area contributed by atoms with E-state index in [1.165, 1.54) is 37.4 Å². The highest BCUT2D eigenvalue weighted by Gasteiger charge is 2.17. The van der Waals surface area contributed by atoms with E-state index in [1.807, 2.05) is 0 Å². The predicted molar refractivity (Wildman–Crippen MR) is 113 cm³/mol. The number of carbonyl (C=O) groups excluding carboxylic acids is 2. The normalized spacial score (nSPS) is 10.2. The molecule has 0 saturated heterocycles. The van der Waals surface area contributed by atoms with Gasteiger partial charge in [0.25, 0.3) is 11.8 Å². The number of carbonyl (C=O) groups is 2. The summed E-state index contributed by atoms with van der Waals surface area (Å²) >= 11 is 0. The van der Waals surface area contributed by atoms with Gasteiger partial charge in [-0.15, -0.1) is 9.81 Å². The van der Waals surface area contributed by atoms with E-state index in [4.69, 9.17) is 4.74 Å². The van der Waals surface area contributed by atoms with Crippen molar-refractivity contribution in [2.24, 2.45) is 10.4 Å². The first-order valence-electron chi connectivity index (χ1n) is 8.93. The zero-order valence-corrected chi connectivity index (χ0v) is 16.4. The van der Waals surface area contributed by atoms with E-state index in [9.17, 15) is 28.2 Å². The third-order valence-corrected chi connectivity index (χ3v) is 4.31. The Hall–Kier alpha value is -4.54. The minimum Gasteiger partial charge on any atom is -0.496 e. The van der Waals surface area contributed by atoms with Crippen LogP contribution in [0.4, 0.5) is 31.5 Å². The van der Waals surface area contributed by atoms with E-state index >= 15 is 0 Å². The standard InChI is InChI=1S/C21H14F2N4O5/c1-32-19-7-2-11(20(28)24-12-3-5-17(26-30)15(22)9-12)8-14(19)21(29)25-13-4-6-18(27-31)16(23)10-13/h2-10H,1H3,(H,24,28)(H,25,29). The highest BCUT2D eigenvalue weighted by atomic mass is 19.1. The molecule has 0 fully saturated rings. The van der Waals surface area contributed by atoms with Crippen molar-refractivity contribution >= 4 is 34.6 Å². The van der Waals surface area contributed by atoms with Gasteiger partial charge in [0.05, 0.1) is 12.7 Å². The molecule has 0 bridgehead atoms. The topological polar surface area (TPSA) is 126 Å². The van der Waals surface area contributed by atoms with Crippen LogP contribution < -0.4 is 15.4 Å². The van der Waals surface area contributed by atoms with Crippen molar-refractivity contribution in [3.8, 4) is 5.75 Å².